The Labute approximate surface area is 120 Å². The third-order valence-corrected chi connectivity index (χ3v) is 3.21. The Kier molecular flexibility index (Phi) is 4.16. The van der Waals surface area contributed by atoms with Crippen LogP contribution in [0.25, 0.3) is 0 Å². The van der Waals surface area contributed by atoms with Gasteiger partial charge in [-0.2, -0.15) is 0 Å². The lowest BCUT2D eigenvalue weighted by atomic mass is 10.1. The molecule has 0 aliphatic carbocycles. The first kappa shape index (κ1) is 13.5. The molecule has 0 fully saturated rings. The summed E-state index contributed by atoms with van der Waals surface area (Å²) in [5, 5.41) is 2.89. The molecule has 5 heteroatoms. The van der Waals surface area contributed by atoms with Gasteiger partial charge >= 0.3 is 0 Å². The van der Waals surface area contributed by atoms with Gasteiger partial charge in [-0.3, -0.25) is 9.78 Å². The first-order valence-electron chi connectivity index (χ1n) is 5.84. The van der Waals surface area contributed by atoms with E-state index >= 15 is 0 Å². The van der Waals surface area contributed by atoms with Gasteiger partial charge in [-0.1, -0.05) is 28.1 Å². The molecule has 1 atom stereocenters. The van der Waals surface area contributed by atoms with Gasteiger partial charge in [0.2, 0.25) is 0 Å². The Hall–Kier alpha value is -1.88. The first-order chi connectivity index (χ1) is 9.06. The van der Waals surface area contributed by atoms with E-state index in [1.54, 1.807) is 12.1 Å². The minimum Gasteiger partial charge on any atom is -0.399 e. The lowest BCUT2D eigenvalue weighted by molar-refractivity contribution is 0.0935. The van der Waals surface area contributed by atoms with Gasteiger partial charge in [0.1, 0.15) is 5.69 Å². The van der Waals surface area contributed by atoms with Crippen LogP contribution in [0.3, 0.4) is 0 Å². The van der Waals surface area contributed by atoms with E-state index in [1.165, 1.54) is 6.20 Å². The van der Waals surface area contributed by atoms with Gasteiger partial charge in [0.25, 0.3) is 5.91 Å². The lowest BCUT2D eigenvalue weighted by Gasteiger charge is -2.14. The van der Waals surface area contributed by atoms with Crippen molar-refractivity contribution in [3.8, 4) is 0 Å². The van der Waals surface area contributed by atoms with E-state index in [1.807, 2.05) is 31.2 Å². The summed E-state index contributed by atoms with van der Waals surface area (Å²) < 4.78 is 0.980. The molecule has 1 aromatic heterocycles. The van der Waals surface area contributed by atoms with E-state index < -0.39 is 0 Å². The van der Waals surface area contributed by atoms with Gasteiger partial charge in [0, 0.05) is 16.4 Å². The number of benzene rings is 1. The SMILES string of the molecule is CC(NC(=O)c1cc(N)ccn1)c1cccc(Br)c1. The monoisotopic (exact) mass is 319 g/mol. The summed E-state index contributed by atoms with van der Waals surface area (Å²) in [6, 6.07) is 10.9. The molecule has 1 aromatic carbocycles. The molecule has 0 radical (unpaired) electrons. The Morgan fingerprint density at radius 2 is 2.16 bits per heavy atom. The molecule has 2 aromatic rings. The molecule has 98 valence electrons. The zero-order chi connectivity index (χ0) is 13.8. The second kappa shape index (κ2) is 5.84. The number of hydrogen-bond donors (Lipinski definition) is 2. The number of nitrogens with one attached hydrogen (secondary N) is 1. The maximum Gasteiger partial charge on any atom is 0.270 e. The van der Waals surface area contributed by atoms with Crippen LogP contribution in [-0.4, -0.2) is 10.9 Å². The molecule has 1 unspecified atom stereocenters. The number of aromatic nitrogens is 1. The smallest absolute Gasteiger partial charge is 0.270 e. The summed E-state index contributed by atoms with van der Waals surface area (Å²) in [6.07, 6.45) is 1.52. The molecule has 0 aliphatic rings. The quantitative estimate of drug-likeness (QED) is 0.914. The van der Waals surface area contributed by atoms with Crippen molar-refractivity contribution in [3.63, 3.8) is 0 Å². The maximum atomic E-state index is 12.0. The predicted molar refractivity (Wildman–Crippen MR) is 78.7 cm³/mol. The van der Waals surface area contributed by atoms with Gasteiger partial charge in [-0.25, -0.2) is 0 Å². The zero-order valence-corrected chi connectivity index (χ0v) is 12.0. The minimum atomic E-state index is -0.236. The summed E-state index contributed by atoms with van der Waals surface area (Å²) in [7, 11) is 0. The standard InChI is InChI=1S/C14H14BrN3O/c1-9(10-3-2-4-11(15)7-10)18-14(19)13-8-12(16)5-6-17-13/h2-9H,1H3,(H2,16,17)(H,18,19). The number of rotatable bonds is 3. The van der Waals surface area contributed by atoms with Crippen LogP contribution < -0.4 is 11.1 Å². The first-order valence-corrected chi connectivity index (χ1v) is 6.63. The molecular weight excluding hydrogens is 306 g/mol. The van der Waals surface area contributed by atoms with Crippen molar-refractivity contribution in [2.75, 3.05) is 5.73 Å². The molecule has 4 nitrogen and oxygen atoms in total. The summed E-state index contributed by atoms with van der Waals surface area (Å²) in [6.45, 7) is 1.92. The van der Waals surface area contributed by atoms with Crippen molar-refractivity contribution in [1.29, 1.82) is 0 Å². The predicted octanol–water partition coefficient (Wildman–Crippen LogP) is 2.92. The van der Waals surface area contributed by atoms with E-state index in [-0.39, 0.29) is 11.9 Å². The van der Waals surface area contributed by atoms with Crippen LogP contribution in [0.2, 0.25) is 0 Å². The van der Waals surface area contributed by atoms with Crippen molar-refractivity contribution < 1.29 is 4.79 Å². The fourth-order valence-electron chi connectivity index (χ4n) is 1.70. The number of nitrogens with two attached hydrogens (primary N) is 1. The molecule has 0 saturated heterocycles. The molecule has 0 spiro atoms. The van der Waals surface area contributed by atoms with E-state index in [4.69, 9.17) is 5.73 Å². The van der Waals surface area contributed by atoms with Crippen LogP contribution in [0.15, 0.2) is 47.1 Å². The van der Waals surface area contributed by atoms with Gasteiger partial charge in [-0.15, -0.1) is 0 Å². The molecule has 1 amide bonds. The summed E-state index contributed by atoms with van der Waals surface area (Å²) >= 11 is 3.41. The molecule has 19 heavy (non-hydrogen) atoms. The van der Waals surface area contributed by atoms with Crippen molar-refractivity contribution in [2.24, 2.45) is 0 Å². The number of hydrogen-bond acceptors (Lipinski definition) is 3. The van der Waals surface area contributed by atoms with Crippen LogP contribution in [0.5, 0.6) is 0 Å². The minimum absolute atomic E-state index is 0.103. The Balaban J connectivity index is 2.11. The molecule has 0 aliphatic heterocycles. The third-order valence-electron chi connectivity index (χ3n) is 2.71. The topological polar surface area (TPSA) is 68.0 Å². The molecule has 0 bridgehead atoms. The van der Waals surface area contributed by atoms with Crippen molar-refractivity contribution in [1.82, 2.24) is 10.3 Å². The third kappa shape index (κ3) is 3.54. The Bertz CT molecular complexity index is 601. The van der Waals surface area contributed by atoms with Crippen LogP contribution >= 0.6 is 15.9 Å². The Morgan fingerprint density at radius 3 is 2.84 bits per heavy atom. The second-order valence-electron chi connectivity index (χ2n) is 4.22. The van der Waals surface area contributed by atoms with Crippen molar-refractivity contribution in [2.45, 2.75) is 13.0 Å². The molecule has 1 heterocycles. The number of nitrogens with zero attached hydrogens (tertiary/aromatic N) is 1. The number of anilines is 1. The van der Waals surface area contributed by atoms with Gasteiger partial charge < -0.3 is 11.1 Å². The highest BCUT2D eigenvalue weighted by atomic mass is 79.9. The highest BCUT2D eigenvalue weighted by Gasteiger charge is 2.12. The molecule has 2 rings (SSSR count). The van der Waals surface area contributed by atoms with Crippen molar-refractivity contribution >= 4 is 27.5 Å². The van der Waals surface area contributed by atoms with E-state index in [9.17, 15) is 4.79 Å². The Morgan fingerprint density at radius 1 is 1.37 bits per heavy atom. The number of nitrogen functional groups attached to an aromatic ring is 1. The molecule has 3 N–H and O–H groups in total. The lowest BCUT2D eigenvalue weighted by Crippen LogP contribution is -2.27. The summed E-state index contributed by atoms with van der Waals surface area (Å²) in [5.41, 5.74) is 7.50. The summed E-state index contributed by atoms with van der Waals surface area (Å²) in [5.74, 6) is -0.236. The molecule has 0 saturated carbocycles. The number of halogens is 1. The van der Waals surface area contributed by atoms with Gasteiger partial charge in [0.05, 0.1) is 6.04 Å². The number of carbonyl (C=O) groups is 1. The van der Waals surface area contributed by atoms with Crippen LogP contribution in [0, 0.1) is 0 Å². The zero-order valence-electron chi connectivity index (χ0n) is 10.4. The largest absolute Gasteiger partial charge is 0.399 e. The maximum absolute atomic E-state index is 12.0. The highest BCUT2D eigenvalue weighted by Crippen LogP contribution is 2.18. The van der Waals surface area contributed by atoms with Gasteiger partial charge in [0.15, 0.2) is 0 Å². The fourth-order valence-corrected chi connectivity index (χ4v) is 2.12. The normalized spacial score (nSPS) is 11.9. The molecular formula is C14H14BrN3O. The van der Waals surface area contributed by atoms with E-state index in [0.29, 0.717) is 11.4 Å². The highest BCUT2D eigenvalue weighted by molar-refractivity contribution is 9.10. The van der Waals surface area contributed by atoms with Crippen molar-refractivity contribution in [3.05, 3.63) is 58.3 Å². The van der Waals surface area contributed by atoms with Crippen LogP contribution in [0.1, 0.15) is 29.0 Å². The summed E-state index contributed by atoms with van der Waals surface area (Å²) in [4.78, 5) is 16.0. The number of pyridine rings is 1. The number of carbonyl (C=O) groups excluding carboxylic acids is 1. The average molecular weight is 320 g/mol. The van der Waals surface area contributed by atoms with E-state index in [0.717, 1.165) is 10.0 Å². The fraction of sp³-hybridized carbons (Fsp3) is 0.143. The number of amides is 1. The van der Waals surface area contributed by atoms with Crippen LogP contribution in [0.4, 0.5) is 5.69 Å². The van der Waals surface area contributed by atoms with E-state index in [2.05, 4.69) is 26.2 Å². The van der Waals surface area contributed by atoms with Gasteiger partial charge in [-0.05, 0) is 36.8 Å². The van der Waals surface area contributed by atoms with Crippen LogP contribution in [-0.2, 0) is 0 Å². The second-order valence-corrected chi connectivity index (χ2v) is 5.14. The average Bonchev–Trinajstić information content (AvgIpc) is 2.38.